The fourth-order valence-corrected chi connectivity index (χ4v) is 5.36. The Labute approximate surface area is 206 Å². The third kappa shape index (κ3) is 4.97. The molecule has 35 heavy (non-hydrogen) atoms. The molecule has 1 aromatic heterocycles. The number of carbonyl (C=O) groups excluding carboxylic acids is 2. The lowest BCUT2D eigenvalue weighted by Crippen LogP contribution is -2.34. The molecule has 2 aromatic carbocycles. The van der Waals surface area contributed by atoms with Crippen molar-refractivity contribution >= 4 is 34.5 Å². The number of allylic oxidation sites excluding steroid dienone is 1. The number of anilines is 1. The number of Topliss-reactive ketones (excluding diaryl/α,β-unsaturated/α-hetero) is 1. The van der Waals surface area contributed by atoms with Gasteiger partial charge in [0, 0.05) is 38.0 Å². The predicted octanol–water partition coefficient (Wildman–Crippen LogP) is 5.00. The standard InChI is InChI=1S/C29H32N4O2/c1-33(2)28-23-9-5-6-10-25(23)31-27(32-28)16-15-19-11-13-20(14-12-19)18-30-29(35)24-17-26(34)22-8-4-3-7-21(22)24/h3-10,15-16,19-20,24H,11-14,17-18H2,1-2H3,(H,30,35)/b16-15+. The lowest BCUT2D eigenvalue weighted by Gasteiger charge is -2.27. The van der Waals surface area contributed by atoms with Gasteiger partial charge >= 0.3 is 0 Å². The summed E-state index contributed by atoms with van der Waals surface area (Å²) in [6.07, 6.45) is 8.94. The number of benzene rings is 2. The van der Waals surface area contributed by atoms with Crippen molar-refractivity contribution in [2.24, 2.45) is 11.8 Å². The van der Waals surface area contributed by atoms with E-state index in [-0.39, 0.29) is 24.0 Å². The van der Waals surface area contributed by atoms with Gasteiger partial charge in [-0.1, -0.05) is 42.5 Å². The largest absolute Gasteiger partial charge is 0.362 e. The van der Waals surface area contributed by atoms with Crippen molar-refractivity contribution in [1.82, 2.24) is 15.3 Å². The van der Waals surface area contributed by atoms with Gasteiger partial charge in [0.15, 0.2) is 11.6 Å². The summed E-state index contributed by atoms with van der Waals surface area (Å²) in [5, 5.41) is 4.19. The highest BCUT2D eigenvalue weighted by Gasteiger charge is 2.34. The summed E-state index contributed by atoms with van der Waals surface area (Å²) in [5.41, 5.74) is 2.53. The third-order valence-electron chi connectivity index (χ3n) is 7.34. The van der Waals surface area contributed by atoms with Gasteiger partial charge < -0.3 is 10.2 Å². The topological polar surface area (TPSA) is 75.2 Å². The number of fused-ring (bicyclic) bond motifs is 2. The van der Waals surface area contributed by atoms with E-state index in [9.17, 15) is 9.59 Å². The molecular formula is C29H32N4O2. The highest BCUT2D eigenvalue weighted by atomic mass is 16.2. The summed E-state index contributed by atoms with van der Waals surface area (Å²) >= 11 is 0. The molecule has 0 saturated heterocycles. The van der Waals surface area contributed by atoms with Crippen molar-refractivity contribution in [2.75, 3.05) is 25.5 Å². The van der Waals surface area contributed by atoms with E-state index in [0.29, 0.717) is 23.9 Å². The summed E-state index contributed by atoms with van der Waals surface area (Å²) in [6, 6.07) is 15.6. The molecule has 1 saturated carbocycles. The number of nitrogens with one attached hydrogen (secondary N) is 1. The van der Waals surface area contributed by atoms with Crippen LogP contribution in [-0.2, 0) is 4.79 Å². The highest BCUT2D eigenvalue weighted by molar-refractivity contribution is 6.06. The summed E-state index contributed by atoms with van der Waals surface area (Å²) in [5.74, 6) is 2.37. The SMILES string of the molecule is CN(C)c1nc(/C=C/C2CCC(CNC(=O)C3CC(=O)c4ccccc43)CC2)nc2ccccc12. The normalized spacial score (nSPS) is 21.9. The Morgan fingerprint density at radius 3 is 2.57 bits per heavy atom. The van der Waals surface area contributed by atoms with Crippen molar-refractivity contribution in [3.05, 3.63) is 71.6 Å². The molecule has 1 N–H and O–H groups in total. The summed E-state index contributed by atoms with van der Waals surface area (Å²) in [7, 11) is 4.01. The molecule has 2 aliphatic rings. The average molecular weight is 469 g/mol. The molecule has 3 aromatic rings. The van der Waals surface area contributed by atoms with E-state index in [2.05, 4.69) is 23.5 Å². The molecule has 2 aliphatic carbocycles. The van der Waals surface area contributed by atoms with Crippen molar-refractivity contribution in [3.8, 4) is 0 Å². The molecule has 1 amide bonds. The van der Waals surface area contributed by atoms with Crippen LogP contribution in [0.5, 0.6) is 0 Å². The second kappa shape index (κ2) is 9.98. The van der Waals surface area contributed by atoms with Crippen LogP contribution < -0.4 is 10.2 Å². The molecule has 5 rings (SSSR count). The van der Waals surface area contributed by atoms with E-state index in [1.807, 2.05) is 61.5 Å². The zero-order valence-electron chi connectivity index (χ0n) is 20.4. The number of nitrogens with zero attached hydrogens (tertiary/aromatic N) is 3. The molecule has 0 spiro atoms. The molecule has 0 aliphatic heterocycles. The second-order valence-corrected chi connectivity index (χ2v) is 9.97. The first-order valence-corrected chi connectivity index (χ1v) is 12.5. The third-order valence-corrected chi connectivity index (χ3v) is 7.34. The monoisotopic (exact) mass is 468 g/mol. The van der Waals surface area contributed by atoms with E-state index in [4.69, 9.17) is 9.97 Å². The first-order chi connectivity index (χ1) is 17.0. The van der Waals surface area contributed by atoms with Crippen LogP contribution in [0.3, 0.4) is 0 Å². The van der Waals surface area contributed by atoms with Crippen LogP contribution in [0.15, 0.2) is 54.6 Å². The molecular weight excluding hydrogens is 436 g/mol. The van der Waals surface area contributed by atoms with Gasteiger partial charge in [0.25, 0.3) is 0 Å². The van der Waals surface area contributed by atoms with E-state index in [1.54, 1.807) is 0 Å². The summed E-state index contributed by atoms with van der Waals surface area (Å²) in [4.78, 5) is 36.5. The smallest absolute Gasteiger partial charge is 0.228 e. The first kappa shape index (κ1) is 23.2. The molecule has 1 unspecified atom stereocenters. The van der Waals surface area contributed by atoms with E-state index in [0.717, 1.165) is 53.8 Å². The number of hydrogen-bond donors (Lipinski definition) is 1. The van der Waals surface area contributed by atoms with Crippen molar-refractivity contribution in [3.63, 3.8) is 0 Å². The Hall–Kier alpha value is -3.54. The van der Waals surface area contributed by atoms with Crippen molar-refractivity contribution < 1.29 is 9.59 Å². The number of rotatable bonds is 6. The number of amides is 1. The van der Waals surface area contributed by atoms with Gasteiger partial charge in [-0.05, 0) is 61.3 Å². The zero-order valence-corrected chi connectivity index (χ0v) is 20.4. The van der Waals surface area contributed by atoms with Crippen LogP contribution >= 0.6 is 0 Å². The number of carbonyl (C=O) groups is 2. The lowest BCUT2D eigenvalue weighted by atomic mass is 9.81. The zero-order chi connectivity index (χ0) is 24.4. The van der Waals surface area contributed by atoms with E-state index in [1.165, 1.54) is 0 Å². The van der Waals surface area contributed by atoms with Gasteiger partial charge in [0.05, 0.1) is 11.4 Å². The quantitative estimate of drug-likeness (QED) is 0.551. The van der Waals surface area contributed by atoms with Crippen LogP contribution in [0, 0.1) is 11.8 Å². The number of aromatic nitrogens is 2. The highest BCUT2D eigenvalue weighted by Crippen LogP contribution is 2.34. The van der Waals surface area contributed by atoms with Gasteiger partial charge in [-0.25, -0.2) is 9.97 Å². The molecule has 0 bridgehead atoms. The fraction of sp³-hybridized carbons (Fsp3) is 0.379. The van der Waals surface area contributed by atoms with Gasteiger partial charge in [-0.3, -0.25) is 9.59 Å². The van der Waals surface area contributed by atoms with Gasteiger partial charge in [0.1, 0.15) is 5.82 Å². The number of hydrogen-bond acceptors (Lipinski definition) is 5. The molecule has 6 nitrogen and oxygen atoms in total. The van der Waals surface area contributed by atoms with Gasteiger partial charge in [0.2, 0.25) is 5.91 Å². The molecule has 1 fully saturated rings. The maximum atomic E-state index is 12.8. The Bertz CT molecular complexity index is 1270. The predicted molar refractivity (Wildman–Crippen MR) is 139 cm³/mol. The minimum atomic E-state index is -0.341. The minimum absolute atomic E-state index is 0.0181. The molecule has 180 valence electrons. The van der Waals surface area contributed by atoms with Crippen LogP contribution in [0.25, 0.3) is 17.0 Å². The Morgan fingerprint density at radius 1 is 1.03 bits per heavy atom. The maximum Gasteiger partial charge on any atom is 0.228 e. The average Bonchev–Trinajstić information content (AvgIpc) is 3.22. The number of ketones is 1. The Balaban J connectivity index is 1.14. The maximum absolute atomic E-state index is 12.8. The van der Waals surface area contributed by atoms with E-state index < -0.39 is 0 Å². The van der Waals surface area contributed by atoms with Crippen LogP contribution in [0.4, 0.5) is 5.82 Å². The lowest BCUT2D eigenvalue weighted by molar-refractivity contribution is -0.122. The van der Waals surface area contributed by atoms with Crippen LogP contribution in [0.1, 0.15) is 59.8 Å². The second-order valence-electron chi connectivity index (χ2n) is 9.97. The van der Waals surface area contributed by atoms with Crippen molar-refractivity contribution in [1.29, 1.82) is 0 Å². The fourth-order valence-electron chi connectivity index (χ4n) is 5.36. The molecule has 1 heterocycles. The minimum Gasteiger partial charge on any atom is -0.362 e. The first-order valence-electron chi connectivity index (χ1n) is 12.5. The van der Waals surface area contributed by atoms with Crippen LogP contribution in [-0.4, -0.2) is 42.3 Å². The van der Waals surface area contributed by atoms with E-state index >= 15 is 0 Å². The van der Waals surface area contributed by atoms with Gasteiger partial charge in [-0.15, -0.1) is 0 Å². The number of para-hydroxylation sites is 1. The molecule has 6 heteroatoms. The summed E-state index contributed by atoms with van der Waals surface area (Å²) in [6.45, 7) is 0.683. The van der Waals surface area contributed by atoms with Crippen LogP contribution in [0.2, 0.25) is 0 Å². The summed E-state index contributed by atoms with van der Waals surface area (Å²) < 4.78 is 0. The van der Waals surface area contributed by atoms with Gasteiger partial charge in [-0.2, -0.15) is 0 Å². The Kier molecular flexibility index (Phi) is 6.62. The molecule has 0 radical (unpaired) electrons. The molecule has 1 atom stereocenters. The van der Waals surface area contributed by atoms with Crippen molar-refractivity contribution in [2.45, 2.75) is 38.0 Å². The Morgan fingerprint density at radius 2 is 1.77 bits per heavy atom.